The fourth-order valence-electron chi connectivity index (χ4n) is 2.11. The maximum absolute atomic E-state index is 5.18. The molecule has 96 valence electrons. The van der Waals surface area contributed by atoms with Crippen molar-refractivity contribution in [1.82, 2.24) is 0 Å². The lowest BCUT2D eigenvalue weighted by Crippen LogP contribution is -2.03. The highest BCUT2D eigenvalue weighted by Gasteiger charge is 2.14. The number of hydrogen-bond donors (Lipinski definition) is 0. The van der Waals surface area contributed by atoms with Crippen molar-refractivity contribution >= 4 is 16.8 Å². The molecule has 0 amide bonds. The zero-order chi connectivity index (χ0) is 13.2. The first-order valence-corrected chi connectivity index (χ1v) is 7.04. The van der Waals surface area contributed by atoms with Crippen molar-refractivity contribution in [2.75, 3.05) is 7.11 Å². The quantitative estimate of drug-likeness (QED) is 0.820. The van der Waals surface area contributed by atoms with Gasteiger partial charge in [-0.05, 0) is 42.8 Å². The molecule has 0 radical (unpaired) electrons. The molecule has 0 unspecified atom stereocenters. The highest BCUT2D eigenvalue weighted by molar-refractivity contribution is 8.14. The fraction of sp³-hybridized carbons (Fsp3) is 0.188. The molecule has 3 heteroatoms. The van der Waals surface area contributed by atoms with Crippen molar-refractivity contribution in [2.45, 2.75) is 18.4 Å². The third-order valence-electron chi connectivity index (χ3n) is 3.15. The number of benzene rings is 2. The first-order chi connectivity index (χ1) is 9.26. The molecule has 19 heavy (non-hydrogen) atoms. The van der Waals surface area contributed by atoms with E-state index in [-0.39, 0.29) is 0 Å². The van der Waals surface area contributed by atoms with Crippen LogP contribution >= 0.6 is 11.8 Å². The van der Waals surface area contributed by atoms with Crippen LogP contribution in [-0.2, 0) is 6.54 Å². The van der Waals surface area contributed by atoms with Gasteiger partial charge in [-0.1, -0.05) is 29.5 Å². The van der Waals surface area contributed by atoms with Gasteiger partial charge in [0.25, 0.3) is 0 Å². The monoisotopic (exact) mass is 269 g/mol. The number of aryl methyl sites for hydroxylation is 1. The van der Waals surface area contributed by atoms with Crippen molar-refractivity contribution in [3.05, 3.63) is 59.2 Å². The largest absolute Gasteiger partial charge is 0.497 e. The number of fused-ring (bicyclic) bond motifs is 1. The average molecular weight is 269 g/mol. The van der Waals surface area contributed by atoms with Crippen LogP contribution in [0, 0.1) is 6.92 Å². The number of methoxy groups -OCH3 is 1. The normalized spacial score (nSPS) is 13.7. The minimum Gasteiger partial charge on any atom is -0.497 e. The number of thioether (sulfide) groups is 1. The van der Waals surface area contributed by atoms with Crippen LogP contribution in [0.3, 0.4) is 0 Å². The Bertz CT molecular complexity index is 632. The molecule has 0 bridgehead atoms. The summed E-state index contributed by atoms with van der Waals surface area (Å²) in [6.07, 6.45) is 0. The van der Waals surface area contributed by atoms with Crippen molar-refractivity contribution in [3.8, 4) is 5.75 Å². The molecule has 1 aliphatic heterocycles. The predicted molar refractivity (Wildman–Crippen MR) is 80.3 cm³/mol. The molecule has 0 saturated heterocycles. The zero-order valence-corrected chi connectivity index (χ0v) is 11.8. The first-order valence-electron chi connectivity index (χ1n) is 6.22. The number of aliphatic imine (C=N–C) groups is 1. The Hall–Kier alpha value is -1.74. The highest BCUT2D eigenvalue weighted by atomic mass is 32.2. The summed E-state index contributed by atoms with van der Waals surface area (Å²) >= 11 is 1.74. The average Bonchev–Trinajstić information content (AvgIpc) is 2.47. The van der Waals surface area contributed by atoms with Gasteiger partial charge in [0.2, 0.25) is 0 Å². The second-order valence-electron chi connectivity index (χ2n) is 4.56. The van der Waals surface area contributed by atoms with Crippen LogP contribution < -0.4 is 4.74 Å². The van der Waals surface area contributed by atoms with E-state index in [1.54, 1.807) is 18.9 Å². The van der Waals surface area contributed by atoms with E-state index in [0.717, 1.165) is 22.9 Å². The topological polar surface area (TPSA) is 21.6 Å². The maximum Gasteiger partial charge on any atom is 0.118 e. The molecule has 0 saturated carbocycles. The van der Waals surface area contributed by atoms with Crippen molar-refractivity contribution in [3.63, 3.8) is 0 Å². The van der Waals surface area contributed by atoms with E-state index < -0.39 is 0 Å². The Morgan fingerprint density at radius 1 is 1.11 bits per heavy atom. The van der Waals surface area contributed by atoms with Gasteiger partial charge >= 0.3 is 0 Å². The van der Waals surface area contributed by atoms with Crippen LogP contribution in [-0.4, -0.2) is 12.2 Å². The summed E-state index contributed by atoms with van der Waals surface area (Å²) < 4.78 is 5.18. The van der Waals surface area contributed by atoms with E-state index in [1.807, 2.05) is 12.1 Å². The molecular formula is C16H15NOS. The Balaban J connectivity index is 1.88. The summed E-state index contributed by atoms with van der Waals surface area (Å²) in [4.78, 5) is 5.99. The minimum absolute atomic E-state index is 0.769. The molecule has 0 fully saturated rings. The van der Waals surface area contributed by atoms with E-state index in [1.165, 1.54) is 16.0 Å². The lowest BCUT2D eigenvalue weighted by Gasteiger charge is -2.16. The lowest BCUT2D eigenvalue weighted by atomic mass is 10.1. The van der Waals surface area contributed by atoms with Gasteiger partial charge < -0.3 is 4.74 Å². The zero-order valence-electron chi connectivity index (χ0n) is 11.0. The first kappa shape index (κ1) is 12.3. The molecule has 1 aliphatic rings. The van der Waals surface area contributed by atoms with Gasteiger partial charge in [-0.15, -0.1) is 0 Å². The summed E-state index contributed by atoms with van der Waals surface area (Å²) in [6.45, 7) is 2.89. The third-order valence-corrected chi connectivity index (χ3v) is 4.33. The molecule has 0 N–H and O–H groups in total. The Morgan fingerprint density at radius 2 is 1.89 bits per heavy atom. The molecule has 2 aromatic carbocycles. The maximum atomic E-state index is 5.18. The van der Waals surface area contributed by atoms with E-state index in [2.05, 4.69) is 42.2 Å². The molecule has 1 heterocycles. The predicted octanol–water partition coefficient (Wildman–Crippen LogP) is 4.06. The number of hydrogen-bond acceptors (Lipinski definition) is 3. The van der Waals surface area contributed by atoms with Gasteiger partial charge in [0.05, 0.1) is 13.7 Å². The molecular weight excluding hydrogens is 254 g/mol. The summed E-state index contributed by atoms with van der Waals surface area (Å²) in [5, 5.41) is 1.08. The Kier molecular flexibility index (Phi) is 3.30. The van der Waals surface area contributed by atoms with Gasteiger partial charge in [-0.25, -0.2) is 0 Å². The summed E-state index contributed by atoms with van der Waals surface area (Å²) in [5.74, 6) is 0.876. The van der Waals surface area contributed by atoms with Crippen LogP contribution in [0.2, 0.25) is 0 Å². The SMILES string of the molecule is COc1ccc(C2=NCc3cc(C)ccc3S2)cc1. The lowest BCUT2D eigenvalue weighted by molar-refractivity contribution is 0.415. The summed E-state index contributed by atoms with van der Waals surface area (Å²) in [7, 11) is 1.68. The smallest absolute Gasteiger partial charge is 0.118 e. The van der Waals surface area contributed by atoms with E-state index in [9.17, 15) is 0 Å². The van der Waals surface area contributed by atoms with Gasteiger partial charge in [0, 0.05) is 10.5 Å². The molecule has 0 spiro atoms. The third kappa shape index (κ3) is 2.51. The van der Waals surface area contributed by atoms with Crippen LogP contribution in [0.1, 0.15) is 16.7 Å². The molecule has 2 aromatic rings. The Morgan fingerprint density at radius 3 is 2.63 bits per heavy atom. The standard InChI is InChI=1S/C16H15NOS/c1-11-3-8-15-13(9-11)10-17-16(19-15)12-4-6-14(18-2)7-5-12/h3-9H,10H2,1-2H3. The molecule has 0 aromatic heterocycles. The van der Waals surface area contributed by atoms with E-state index in [4.69, 9.17) is 4.74 Å². The van der Waals surface area contributed by atoms with Gasteiger partial charge in [-0.2, -0.15) is 0 Å². The van der Waals surface area contributed by atoms with E-state index in [0.29, 0.717) is 0 Å². The van der Waals surface area contributed by atoms with Crippen LogP contribution in [0.4, 0.5) is 0 Å². The number of rotatable bonds is 2. The van der Waals surface area contributed by atoms with Crippen molar-refractivity contribution in [1.29, 1.82) is 0 Å². The molecule has 0 aliphatic carbocycles. The fourth-order valence-corrected chi connectivity index (χ4v) is 3.09. The Labute approximate surface area is 117 Å². The van der Waals surface area contributed by atoms with Gasteiger partial charge in [-0.3, -0.25) is 4.99 Å². The van der Waals surface area contributed by atoms with E-state index >= 15 is 0 Å². The molecule has 2 nitrogen and oxygen atoms in total. The second-order valence-corrected chi connectivity index (χ2v) is 5.59. The van der Waals surface area contributed by atoms with Crippen LogP contribution in [0.15, 0.2) is 52.4 Å². The summed E-state index contributed by atoms with van der Waals surface area (Å²) in [5.41, 5.74) is 3.77. The molecule has 0 atom stereocenters. The van der Waals surface area contributed by atoms with Gasteiger partial charge in [0.1, 0.15) is 10.8 Å². The highest BCUT2D eigenvalue weighted by Crippen LogP contribution is 2.32. The van der Waals surface area contributed by atoms with Crippen LogP contribution in [0.25, 0.3) is 0 Å². The molecule has 3 rings (SSSR count). The second kappa shape index (κ2) is 5.10. The van der Waals surface area contributed by atoms with Crippen LogP contribution in [0.5, 0.6) is 5.75 Å². The summed E-state index contributed by atoms with van der Waals surface area (Å²) in [6, 6.07) is 14.6. The minimum atomic E-state index is 0.769. The van der Waals surface area contributed by atoms with Gasteiger partial charge in [0.15, 0.2) is 0 Å². The number of nitrogens with zero attached hydrogens (tertiary/aromatic N) is 1. The number of ether oxygens (including phenoxy) is 1. The van der Waals surface area contributed by atoms with Crippen molar-refractivity contribution < 1.29 is 4.74 Å². The van der Waals surface area contributed by atoms with Crippen molar-refractivity contribution in [2.24, 2.45) is 4.99 Å².